The van der Waals surface area contributed by atoms with E-state index < -0.39 is 0 Å². The van der Waals surface area contributed by atoms with Crippen molar-refractivity contribution in [3.05, 3.63) is 82.3 Å². The minimum Gasteiger partial charge on any atom is -0.348 e. The number of benzene rings is 3. The molecule has 1 aliphatic heterocycles. The molecule has 1 amide bonds. The zero-order chi connectivity index (χ0) is 17.9. The van der Waals surface area contributed by atoms with Gasteiger partial charge in [-0.3, -0.25) is 9.69 Å². The Hall–Kier alpha value is -2.17. The molecule has 1 aliphatic rings. The predicted molar refractivity (Wildman–Crippen MR) is 109 cm³/mol. The van der Waals surface area contributed by atoms with Gasteiger partial charge in [-0.15, -0.1) is 0 Å². The zero-order valence-electron chi connectivity index (χ0n) is 14.5. The van der Waals surface area contributed by atoms with Crippen molar-refractivity contribution < 1.29 is 4.79 Å². The van der Waals surface area contributed by atoms with E-state index in [0.717, 1.165) is 30.5 Å². The molecule has 1 N–H and O–H groups in total. The highest BCUT2D eigenvalue weighted by Gasteiger charge is 2.24. The van der Waals surface area contributed by atoms with E-state index >= 15 is 0 Å². The summed E-state index contributed by atoms with van der Waals surface area (Å²) >= 11 is 3.40. The Kier molecular flexibility index (Phi) is 5.05. The maximum atomic E-state index is 12.4. The number of fused-ring (bicyclic) bond motifs is 1. The van der Waals surface area contributed by atoms with Crippen LogP contribution in [-0.2, 0) is 6.54 Å². The van der Waals surface area contributed by atoms with Crippen LogP contribution in [0.2, 0.25) is 0 Å². The lowest BCUT2D eigenvalue weighted by Gasteiger charge is -2.17. The quantitative estimate of drug-likeness (QED) is 0.683. The Morgan fingerprint density at radius 2 is 1.81 bits per heavy atom. The largest absolute Gasteiger partial charge is 0.348 e. The molecule has 0 bridgehead atoms. The van der Waals surface area contributed by atoms with Crippen molar-refractivity contribution in [2.24, 2.45) is 0 Å². The summed E-state index contributed by atoms with van der Waals surface area (Å²) < 4.78 is 0.983. The number of carbonyl (C=O) groups is 1. The number of likely N-dealkylation sites (tertiary alicyclic amines) is 1. The molecule has 0 saturated carbocycles. The van der Waals surface area contributed by atoms with Crippen LogP contribution >= 0.6 is 15.9 Å². The van der Waals surface area contributed by atoms with Crippen molar-refractivity contribution >= 4 is 32.6 Å². The van der Waals surface area contributed by atoms with Gasteiger partial charge in [-0.05, 0) is 53.1 Å². The average molecular weight is 409 g/mol. The third-order valence-electron chi connectivity index (χ3n) is 4.93. The molecule has 1 saturated heterocycles. The molecule has 3 aromatic carbocycles. The summed E-state index contributed by atoms with van der Waals surface area (Å²) in [4.78, 5) is 14.8. The Bertz CT molecular complexity index is 923. The van der Waals surface area contributed by atoms with E-state index in [4.69, 9.17) is 0 Å². The number of carbonyl (C=O) groups excluding carboxylic acids is 1. The fourth-order valence-corrected chi connectivity index (χ4v) is 3.82. The van der Waals surface area contributed by atoms with E-state index in [1.165, 1.54) is 16.3 Å². The van der Waals surface area contributed by atoms with Crippen molar-refractivity contribution in [1.82, 2.24) is 10.2 Å². The van der Waals surface area contributed by atoms with Crippen molar-refractivity contribution in [3.63, 3.8) is 0 Å². The van der Waals surface area contributed by atoms with E-state index in [1.807, 2.05) is 24.3 Å². The van der Waals surface area contributed by atoms with Crippen molar-refractivity contribution in [3.8, 4) is 0 Å². The highest BCUT2D eigenvalue weighted by atomic mass is 79.9. The number of amides is 1. The number of nitrogens with zero attached hydrogens (tertiary/aromatic N) is 1. The molecule has 1 fully saturated rings. The molecule has 4 heteroatoms. The maximum absolute atomic E-state index is 12.4. The maximum Gasteiger partial charge on any atom is 0.251 e. The Morgan fingerprint density at radius 3 is 2.62 bits per heavy atom. The molecule has 0 aliphatic carbocycles. The summed E-state index contributed by atoms with van der Waals surface area (Å²) in [5.41, 5.74) is 2.03. The number of nitrogens with one attached hydrogen (secondary N) is 1. The number of rotatable bonds is 4. The van der Waals surface area contributed by atoms with Gasteiger partial charge in [0.05, 0.1) is 0 Å². The first kappa shape index (κ1) is 17.3. The summed E-state index contributed by atoms with van der Waals surface area (Å²) in [6.07, 6.45) is 0.996. The molecule has 1 heterocycles. The lowest BCUT2D eigenvalue weighted by Crippen LogP contribution is -2.36. The van der Waals surface area contributed by atoms with Crippen LogP contribution in [0.5, 0.6) is 0 Å². The summed E-state index contributed by atoms with van der Waals surface area (Å²) in [6.45, 7) is 2.84. The molecule has 132 valence electrons. The first-order valence-corrected chi connectivity index (χ1v) is 9.73. The standard InChI is InChI=1S/C22H21BrN2O/c23-20-9-7-18(8-10-20)22(26)24-21-11-12-25(15-21)14-16-5-6-17-3-1-2-4-19(17)13-16/h1-10,13,21H,11-12,14-15H2,(H,24,26)/t21-/m1/s1. The van der Waals surface area contributed by atoms with E-state index in [9.17, 15) is 4.79 Å². The van der Waals surface area contributed by atoms with Gasteiger partial charge >= 0.3 is 0 Å². The average Bonchev–Trinajstić information content (AvgIpc) is 3.09. The van der Waals surface area contributed by atoms with Gasteiger partial charge in [0.2, 0.25) is 0 Å². The second-order valence-corrected chi connectivity index (χ2v) is 7.80. The Labute approximate surface area is 162 Å². The predicted octanol–water partition coefficient (Wildman–Crippen LogP) is 4.61. The van der Waals surface area contributed by atoms with Crippen LogP contribution in [0.3, 0.4) is 0 Å². The van der Waals surface area contributed by atoms with Gasteiger partial charge in [0.25, 0.3) is 5.91 Å². The van der Waals surface area contributed by atoms with Gasteiger partial charge in [0.15, 0.2) is 0 Å². The molecule has 0 unspecified atom stereocenters. The monoisotopic (exact) mass is 408 g/mol. The summed E-state index contributed by atoms with van der Waals surface area (Å²) in [5, 5.41) is 5.72. The van der Waals surface area contributed by atoms with Crippen molar-refractivity contribution in [2.75, 3.05) is 13.1 Å². The first-order valence-electron chi connectivity index (χ1n) is 8.94. The SMILES string of the molecule is O=C(N[C@@H]1CCN(Cc2ccc3ccccc3c2)C1)c1ccc(Br)cc1. The van der Waals surface area contributed by atoms with Crippen LogP contribution in [0.25, 0.3) is 10.8 Å². The van der Waals surface area contributed by atoms with Gasteiger partial charge in [-0.1, -0.05) is 52.3 Å². The summed E-state index contributed by atoms with van der Waals surface area (Å²) in [6, 6.07) is 22.8. The van der Waals surface area contributed by atoms with Gasteiger partial charge in [-0.2, -0.15) is 0 Å². The summed E-state index contributed by atoms with van der Waals surface area (Å²) in [7, 11) is 0. The molecule has 1 atom stereocenters. The minimum absolute atomic E-state index is 0.00931. The molecular weight excluding hydrogens is 388 g/mol. The molecule has 0 radical (unpaired) electrons. The summed E-state index contributed by atoms with van der Waals surface area (Å²) in [5.74, 6) is 0.00931. The van der Waals surface area contributed by atoms with Crippen LogP contribution in [-0.4, -0.2) is 29.9 Å². The minimum atomic E-state index is 0.00931. The van der Waals surface area contributed by atoms with E-state index in [2.05, 4.69) is 68.6 Å². The lowest BCUT2D eigenvalue weighted by atomic mass is 10.1. The Balaban J connectivity index is 1.35. The van der Waals surface area contributed by atoms with Crippen LogP contribution in [0.15, 0.2) is 71.2 Å². The van der Waals surface area contributed by atoms with Crippen LogP contribution in [0.1, 0.15) is 22.3 Å². The highest BCUT2D eigenvalue weighted by Crippen LogP contribution is 2.19. The second-order valence-electron chi connectivity index (χ2n) is 6.88. The molecule has 4 rings (SSSR count). The lowest BCUT2D eigenvalue weighted by molar-refractivity contribution is 0.0937. The van der Waals surface area contributed by atoms with Gasteiger partial charge in [-0.25, -0.2) is 0 Å². The molecule has 26 heavy (non-hydrogen) atoms. The fourth-order valence-electron chi connectivity index (χ4n) is 3.56. The van der Waals surface area contributed by atoms with Gasteiger partial charge in [0.1, 0.15) is 0 Å². The fraction of sp³-hybridized carbons (Fsp3) is 0.227. The van der Waals surface area contributed by atoms with E-state index in [1.54, 1.807) is 0 Å². The smallest absolute Gasteiger partial charge is 0.251 e. The molecule has 3 nitrogen and oxygen atoms in total. The van der Waals surface area contributed by atoms with E-state index in [-0.39, 0.29) is 11.9 Å². The first-order chi connectivity index (χ1) is 12.7. The molecular formula is C22H21BrN2O. The normalized spacial score (nSPS) is 17.5. The highest BCUT2D eigenvalue weighted by molar-refractivity contribution is 9.10. The molecule has 0 aromatic heterocycles. The number of hydrogen-bond acceptors (Lipinski definition) is 2. The Morgan fingerprint density at radius 1 is 1.04 bits per heavy atom. The van der Waals surface area contributed by atoms with E-state index in [0.29, 0.717) is 5.56 Å². The van der Waals surface area contributed by atoms with Crippen molar-refractivity contribution in [1.29, 1.82) is 0 Å². The third-order valence-corrected chi connectivity index (χ3v) is 5.46. The second kappa shape index (κ2) is 7.60. The molecule has 3 aromatic rings. The van der Waals surface area contributed by atoms with Crippen LogP contribution in [0.4, 0.5) is 0 Å². The topological polar surface area (TPSA) is 32.3 Å². The van der Waals surface area contributed by atoms with Crippen LogP contribution in [0, 0.1) is 0 Å². The van der Waals surface area contributed by atoms with Gasteiger partial charge < -0.3 is 5.32 Å². The number of halogens is 1. The number of hydrogen-bond donors (Lipinski definition) is 1. The zero-order valence-corrected chi connectivity index (χ0v) is 16.1. The third kappa shape index (κ3) is 3.97. The van der Waals surface area contributed by atoms with Crippen LogP contribution < -0.4 is 5.32 Å². The molecule has 0 spiro atoms. The van der Waals surface area contributed by atoms with Crippen molar-refractivity contribution in [2.45, 2.75) is 19.0 Å². The van der Waals surface area contributed by atoms with Gasteiger partial charge in [0, 0.05) is 35.7 Å².